The number of hydrogen-bond acceptors (Lipinski definition) is 3. The van der Waals surface area contributed by atoms with Crippen molar-refractivity contribution in [3.05, 3.63) is 29.3 Å². The van der Waals surface area contributed by atoms with Crippen molar-refractivity contribution in [3.8, 4) is 0 Å². The predicted octanol–water partition coefficient (Wildman–Crippen LogP) is 2.36. The number of rotatable bonds is 5. The van der Waals surface area contributed by atoms with E-state index in [2.05, 4.69) is 37.1 Å². The van der Waals surface area contributed by atoms with Crippen LogP contribution in [0.5, 0.6) is 0 Å². The van der Waals surface area contributed by atoms with Crippen molar-refractivity contribution in [2.75, 3.05) is 38.3 Å². The summed E-state index contributed by atoms with van der Waals surface area (Å²) in [5, 5.41) is 0. The van der Waals surface area contributed by atoms with Crippen LogP contribution >= 0.6 is 0 Å². The van der Waals surface area contributed by atoms with Crippen LogP contribution in [0.2, 0.25) is 0 Å². The van der Waals surface area contributed by atoms with E-state index >= 15 is 0 Å². The van der Waals surface area contributed by atoms with E-state index in [-0.39, 0.29) is 0 Å². The van der Waals surface area contributed by atoms with Gasteiger partial charge in [0.25, 0.3) is 0 Å². The molecule has 1 aromatic rings. The molecule has 0 saturated carbocycles. The molecule has 0 amide bonds. The maximum atomic E-state index is 5.73. The van der Waals surface area contributed by atoms with Crippen molar-refractivity contribution in [2.24, 2.45) is 11.7 Å². The van der Waals surface area contributed by atoms with E-state index in [1.165, 1.54) is 29.7 Å². The summed E-state index contributed by atoms with van der Waals surface area (Å²) >= 11 is 0. The third-order valence-corrected chi connectivity index (χ3v) is 3.85. The van der Waals surface area contributed by atoms with Crippen molar-refractivity contribution >= 4 is 5.69 Å². The zero-order chi connectivity index (χ0) is 13.7. The van der Waals surface area contributed by atoms with Gasteiger partial charge in [0, 0.05) is 25.9 Å². The molecule has 0 bridgehead atoms. The van der Waals surface area contributed by atoms with Gasteiger partial charge in [0.2, 0.25) is 0 Å². The summed E-state index contributed by atoms with van der Waals surface area (Å²) in [6, 6.07) is 6.67. The lowest BCUT2D eigenvalue weighted by Gasteiger charge is -2.30. The zero-order valence-electron chi connectivity index (χ0n) is 12.2. The quantitative estimate of drug-likeness (QED) is 0.885. The lowest BCUT2D eigenvalue weighted by atomic mass is 10.0. The number of aryl methyl sites for hydroxylation is 1. The highest BCUT2D eigenvalue weighted by Gasteiger charge is 2.17. The highest BCUT2D eigenvalue weighted by atomic mass is 16.5. The normalized spacial score (nSPS) is 19.4. The molecule has 0 aromatic heterocycles. The first-order valence-corrected chi connectivity index (χ1v) is 7.29. The summed E-state index contributed by atoms with van der Waals surface area (Å²) in [5.41, 5.74) is 9.72. The molecule has 0 spiro atoms. The Morgan fingerprint density at radius 2 is 2.26 bits per heavy atom. The number of ether oxygens (including phenoxy) is 1. The van der Waals surface area contributed by atoms with Gasteiger partial charge in [-0.15, -0.1) is 0 Å². The third-order valence-electron chi connectivity index (χ3n) is 3.85. The number of anilines is 1. The first-order valence-electron chi connectivity index (χ1n) is 7.29. The van der Waals surface area contributed by atoms with Crippen molar-refractivity contribution < 1.29 is 4.74 Å². The Labute approximate surface area is 116 Å². The van der Waals surface area contributed by atoms with E-state index in [4.69, 9.17) is 10.5 Å². The third kappa shape index (κ3) is 3.95. The average Bonchev–Trinajstić information content (AvgIpc) is 2.40. The summed E-state index contributed by atoms with van der Waals surface area (Å²) < 4.78 is 5.57. The maximum absolute atomic E-state index is 5.73. The van der Waals surface area contributed by atoms with Gasteiger partial charge in [-0.2, -0.15) is 0 Å². The van der Waals surface area contributed by atoms with Crippen LogP contribution in [0.3, 0.4) is 0 Å². The van der Waals surface area contributed by atoms with Gasteiger partial charge in [0.15, 0.2) is 0 Å². The molecule has 1 heterocycles. The lowest BCUT2D eigenvalue weighted by Crippen LogP contribution is -2.31. The summed E-state index contributed by atoms with van der Waals surface area (Å²) in [5.74, 6) is 0.658. The highest BCUT2D eigenvalue weighted by Crippen LogP contribution is 2.24. The Bertz CT molecular complexity index is 400. The molecule has 1 aliphatic heterocycles. The predicted molar refractivity (Wildman–Crippen MR) is 80.8 cm³/mol. The van der Waals surface area contributed by atoms with E-state index in [1.54, 1.807) is 0 Å². The minimum atomic E-state index is 0.658. The van der Waals surface area contributed by atoms with Crippen molar-refractivity contribution in [3.63, 3.8) is 0 Å². The molecule has 0 radical (unpaired) electrons. The van der Waals surface area contributed by atoms with E-state index in [0.717, 1.165) is 26.2 Å². The number of hydrogen-bond donors (Lipinski definition) is 1. The molecule has 1 fully saturated rings. The van der Waals surface area contributed by atoms with Crippen molar-refractivity contribution in [2.45, 2.75) is 26.2 Å². The molecule has 2 N–H and O–H groups in total. The van der Waals surface area contributed by atoms with Gasteiger partial charge in [-0.05, 0) is 50.3 Å². The minimum absolute atomic E-state index is 0.658. The number of nitrogens with two attached hydrogens (primary N) is 1. The first-order chi connectivity index (χ1) is 9.20. The molecule has 3 heteroatoms. The fraction of sp³-hybridized carbons (Fsp3) is 0.625. The summed E-state index contributed by atoms with van der Waals surface area (Å²) in [6.45, 7) is 5.75. The van der Waals surface area contributed by atoms with Gasteiger partial charge >= 0.3 is 0 Å². The lowest BCUT2D eigenvalue weighted by molar-refractivity contribution is 0.0576. The molecule has 1 aliphatic rings. The summed E-state index contributed by atoms with van der Waals surface area (Å²) in [6.07, 6.45) is 3.42. The van der Waals surface area contributed by atoms with E-state index < -0.39 is 0 Å². The second-order valence-electron chi connectivity index (χ2n) is 5.63. The number of nitrogens with zero attached hydrogens (tertiary/aromatic N) is 1. The number of benzene rings is 1. The van der Waals surface area contributed by atoms with Crippen molar-refractivity contribution in [1.29, 1.82) is 0 Å². The van der Waals surface area contributed by atoms with Gasteiger partial charge in [-0.3, -0.25) is 0 Å². The van der Waals surface area contributed by atoms with Crippen LogP contribution in [0.25, 0.3) is 0 Å². The fourth-order valence-electron chi connectivity index (χ4n) is 2.88. The fourth-order valence-corrected chi connectivity index (χ4v) is 2.88. The van der Waals surface area contributed by atoms with Gasteiger partial charge < -0.3 is 15.4 Å². The SMILES string of the molecule is Cc1ccc(N(C)CC2CCCOC2)c(CCN)c1. The second-order valence-corrected chi connectivity index (χ2v) is 5.63. The topological polar surface area (TPSA) is 38.5 Å². The molecule has 2 rings (SSSR count). The zero-order valence-corrected chi connectivity index (χ0v) is 12.2. The van der Waals surface area contributed by atoms with Gasteiger partial charge in [0.05, 0.1) is 6.61 Å². The molecule has 1 atom stereocenters. The van der Waals surface area contributed by atoms with Crippen LogP contribution in [0.15, 0.2) is 18.2 Å². The standard InChI is InChI=1S/C16H26N2O/c1-13-5-6-16(15(10-13)7-8-17)18(2)11-14-4-3-9-19-12-14/h5-6,10,14H,3-4,7-9,11-12,17H2,1-2H3. The van der Waals surface area contributed by atoms with Crippen LogP contribution in [-0.4, -0.2) is 33.4 Å². The van der Waals surface area contributed by atoms with Crippen LogP contribution in [0.4, 0.5) is 5.69 Å². The largest absolute Gasteiger partial charge is 0.381 e. The van der Waals surface area contributed by atoms with Crippen molar-refractivity contribution in [1.82, 2.24) is 0 Å². The second kappa shape index (κ2) is 6.92. The van der Waals surface area contributed by atoms with Gasteiger partial charge in [0.1, 0.15) is 0 Å². The Kier molecular flexibility index (Phi) is 5.23. The summed E-state index contributed by atoms with van der Waals surface area (Å²) in [7, 11) is 2.18. The van der Waals surface area contributed by atoms with Crippen LogP contribution in [-0.2, 0) is 11.2 Å². The van der Waals surface area contributed by atoms with E-state index in [1.807, 2.05) is 0 Å². The summed E-state index contributed by atoms with van der Waals surface area (Å²) in [4.78, 5) is 2.36. The molecule has 1 aromatic carbocycles. The van der Waals surface area contributed by atoms with E-state index in [0.29, 0.717) is 12.5 Å². The monoisotopic (exact) mass is 262 g/mol. The smallest absolute Gasteiger partial charge is 0.0511 e. The Balaban J connectivity index is 2.06. The first kappa shape index (κ1) is 14.4. The average molecular weight is 262 g/mol. The molecular formula is C16H26N2O. The molecule has 19 heavy (non-hydrogen) atoms. The molecule has 1 saturated heterocycles. The van der Waals surface area contributed by atoms with Crippen LogP contribution in [0, 0.1) is 12.8 Å². The van der Waals surface area contributed by atoms with Gasteiger partial charge in [-0.25, -0.2) is 0 Å². The maximum Gasteiger partial charge on any atom is 0.0511 e. The van der Waals surface area contributed by atoms with Gasteiger partial charge in [-0.1, -0.05) is 17.7 Å². The van der Waals surface area contributed by atoms with Crippen LogP contribution in [0.1, 0.15) is 24.0 Å². The highest BCUT2D eigenvalue weighted by molar-refractivity contribution is 5.54. The molecule has 1 unspecified atom stereocenters. The Hall–Kier alpha value is -1.06. The van der Waals surface area contributed by atoms with Crippen LogP contribution < -0.4 is 10.6 Å². The minimum Gasteiger partial charge on any atom is -0.381 e. The molecular weight excluding hydrogens is 236 g/mol. The molecule has 106 valence electrons. The molecule has 0 aliphatic carbocycles. The van der Waals surface area contributed by atoms with E-state index in [9.17, 15) is 0 Å². The molecule has 3 nitrogen and oxygen atoms in total. The Morgan fingerprint density at radius 1 is 1.42 bits per heavy atom. The Morgan fingerprint density at radius 3 is 2.95 bits per heavy atom.